The molecular formula is C33H40N6O. The second-order valence-electron chi connectivity index (χ2n) is 12.2. The maximum Gasteiger partial charge on any atom is 0.101 e. The number of hydrogen-bond acceptors (Lipinski definition) is 7. The Morgan fingerprint density at radius 1 is 0.975 bits per heavy atom. The van der Waals surface area contributed by atoms with Gasteiger partial charge in [0.15, 0.2) is 0 Å². The molecule has 4 aliphatic rings. The van der Waals surface area contributed by atoms with Gasteiger partial charge in [0.1, 0.15) is 6.07 Å². The molecule has 208 valence electrons. The smallest absolute Gasteiger partial charge is 0.101 e. The number of fused-ring (bicyclic) bond motifs is 3. The molecule has 5 heterocycles. The van der Waals surface area contributed by atoms with E-state index in [4.69, 9.17) is 4.74 Å². The van der Waals surface area contributed by atoms with Gasteiger partial charge in [-0.1, -0.05) is 12.1 Å². The summed E-state index contributed by atoms with van der Waals surface area (Å²) in [4.78, 5) is 15.0. The lowest BCUT2D eigenvalue weighted by molar-refractivity contribution is 0.00106. The third-order valence-corrected chi connectivity index (χ3v) is 9.75. The summed E-state index contributed by atoms with van der Waals surface area (Å²) in [5, 5.41) is 10.7. The molecule has 0 saturated carbocycles. The van der Waals surface area contributed by atoms with E-state index in [1.54, 1.807) is 6.20 Å². The van der Waals surface area contributed by atoms with Crippen molar-refractivity contribution in [3.8, 4) is 6.07 Å². The van der Waals surface area contributed by atoms with E-state index in [1.165, 1.54) is 29.8 Å². The quantitative estimate of drug-likeness (QED) is 0.485. The summed E-state index contributed by atoms with van der Waals surface area (Å²) in [5.41, 5.74) is 5.43. The van der Waals surface area contributed by atoms with Crippen LogP contribution in [-0.2, 0) is 11.2 Å². The Morgan fingerprint density at radius 2 is 1.88 bits per heavy atom. The van der Waals surface area contributed by atoms with E-state index < -0.39 is 0 Å². The van der Waals surface area contributed by atoms with Gasteiger partial charge in [0.2, 0.25) is 0 Å². The van der Waals surface area contributed by atoms with Crippen LogP contribution in [0.5, 0.6) is 0 Å². The van der Waals surface area contributed by atoms with Crippen LogP contribution in [-0.4, -0.2) is 91.9 Å². The summed E-state index contributed by atoms with van der Waals surface area (Å²) < 4.78 is 6.02. The zero-order valence-corrected chi connectivity index (χ0v) is 23.6. The van der Waals surface area contributed by atoms with Gasteiger partial charge in [-0.25, -0.2) is 0 Å². The van der Waals surface area contributed by atoms with E-state index >= 15 is 0 Å². The van der Waals surface area contributed by atoms with Gasteiger partial charge in [0.25, 0.3) is 0 Å². The molecule has 4 atom stereocenters. The van der Waals surface area contributed by atoms with Gasteiger partial charge in [0.05, 0.1) is 17.2 Å². The summed E-state index contributed by atoms with van der Waals surface area (Å²) in [5.74, 6) is 0.706. The van der Waals surface area contributed by atoms with Crippen molar-refractivity contribution in [3.63, 3.8) is 0 Å². The van der Waals surface area contributed by atoms with Crippen molar-refractivity contribution in [3.05, 3.63) is 65.9 Å². The Kier molecular flexibility index (Phi) is 7.09. The fourth-order valence-corrected chi connectivity index (χ4v) is 7.61. The van der Waals surface area contributed by atoms with Gasteiger partial charge in [-0.05, 0) is 68.1 Å². The van der Waals surface area contributed by atoms with E-state index in [0.29, 0.717) is 29.7 Å². The molecule has 4 aliphatic heterocycles. The molecule has 7 heteroatoms. The van der Waals surface area contributed by atoms with Crippen LogP contribution >= 0.6 is 0 Å². The lowest BCUT2D eigenvalue weighted by Gasteiger charge is -2.51. The molecule has 0 aliphatic carbocycles. The first-order chi connectivity index (χ1) is 19.7. The molecule has 3 aromatic rings. The van der Waals surface area contributed by atoms with Gasteiger partial charge in [-0.2, -0.15) is 5.26 Å². The first kappa shape index (κ1) is 25.8. The van der Waals surface area contributed by atoms with E-state index in [2.05, 4.69) is 74.0 Å². The summed E-state index contributed by atoms with van der Waals surface area (Å²) >= 11 is 0. The molecular weight excluding hydrogens is 496 g/mol. The number of hydrogen-bond donors (Lipinski definition) is 0. The van der Waals surface area contributed by atoms with Crippen molar-refractivity contribution in [1.29, 1.82) is 5.26 Å². The van der Waals surface area contributed by atoms with Crippen LogP contribution in [0, 0.1) is 17.2 Å². The first-order valence-electron chi connectivity index (χ1n) is 15.1. The number of nitrogens with zero attached hydrogens (tertiary/aromatic N) is 6. The molecule has 0 unspecified atom stereocenters. The largest absolute Gasteiger partial charge is 0.376 e. The van der Waals surface area contributed by atoms with E-state index in [0.717, 1.165) is 76.3 Å². The number of pyridine rings is 1. The SMILES string of the molecule is C[C@H]1CN(c2ccc(C#N)c3ncccc23)C[C@@H]2CN(CCc3ccc(N4C[C@H]5CCCO[C@@H]5C4)cc3)CCN21. The van der Waals surface area contributed by atoms with Crippen LogP contribution in [0.1, 0.15) is 30.9 Å². The third-order valence-electron chi connectivity index (χ3n) is 9.75. The van der Waals surface area contributed by atoms with Gasteiger partial charge < -0.3 is 19.4 Å². The lowest BCUT2D eigenvalue weighted by Crippen LogP contribution is -2.65. The molecule has 0 radical (unpaired) electrons. The molecule has 40 heavy (non-hydrogen) atoms. The average Bonchev–Trinajstić information content (AvgIpc) is 3.44. The van der Waals surface area contributed by atoms with E-state index in [1.807, 2.05) is 12.1 Å². The van der Waals surface area contributed by atoms with Crippen molar-refractivity contribution < 1.29 is 4.74 Å². The Labute approximate surface area is 237 Å². The minimum atomic E-state index is 0.429. The molecule has 7 rings (SSSR count). The second-order valence-corrected chi connectivity index (χ2v) is 12.2. The van der Waals surface area contributed by atoms with Crippen LogP contribution in [0.3, 0.4) is 0 Å². The summed E-state index contributed by atoms with van der Waals surface area (Å²) in [7, 11) is 0. The van der Waals surface area contributed by atoms with Gasteiger partial charge in [-0.15, -0.1) is 0 Å². The monoisotopic (exact) mass is 536 g/mol. The molecule has 0 bridgehead atoms. The Bertz CT molecular complexity index is 1370. The number of aromatic nitrogens is 1. The normalized spacial score (nSPS) is 27.4. The van der Waals surface area contributed by atoms with Crippen molar-refractivity contribution >= 4 is 22.3 Å². The standard InChI is InChI=1S/C33H40N6O/c1-24-19-38(31-11-8-26(18-34)33-30(31)5-2-13-35-33)22-29-21-36(15-16-39(24)29)14-12-25-6-9-28(10-7-25)37-20-27-4-3-17-40-32(27)23-37/h2,5-11,13,24,27,29,32H,3-4,12,14-17,19-23H2,1H3/t24-,27+,29-,32+/m0/s1. The van der Waals surface area contributed by atoms with Crippen LogP contribution < -0.4 is 9.80 Å². The molecule has 4 fully saturated rings. The lowest BCUT2D eigenvalue weighted by atomic mass is 9.98. The van der Waals surface area contributed by atoms with Crippen LogP contribution in [0.2, 0.25) is 0 Å². The Hall–Kier alpha value is -3.18. The van der Waals surface area contributed by atoms with Crippen molar-refractivity contribution in [2.24, 2.45) is 5.92 Å². The minimum Gasteiger partial charge on any atom is -0.376 e. The zero-order chi connectivity index (χ0) is 27.1. The van der Waals surface area contributed by atoms with E-state index in [-0.39, 0.29) is 0 Å². The molecule has 4 saturated heterocycles. The number of rotatable bonds is 5. The second kappa shape index (κ2) is 11.0. The highest BCUT2D eigenvalue weighted by Crippen LogP contribution is 2.33. The summed E-state index contributed by atoms with van der Waals surface area (Å²) in [6.45, 7) is 12.0. The molecule has 0 spiro atoms. The molecule has 0 N–H and O–H groups in total. The van der Waals surface area contributed by atoms with E-state index in [9.17, 15) is 5.26 Å². The first-order valence-corrected chi connectivity index (χ1v) is 15.1. The number of nitriles is 1. The zero-order valence-electron chi connectivity index (χ0n) is 23.6. The van der Waals surface area contributed by atoms with Crippen LogP contribution in [0.25, 0.3) is 10.9 Å². The Balaban J connectivity index is 0.982. The number of benzene rings is 2. The fraction of sp³-hybridized carbons (Fsp3) is 0.515. The predicted octanol–water partition coefficient (Wildman–Crippen LogP) is 4.16. The van der Waals surface area contributed by atoms with Crippen molar-refractivity contribution in [1.82, 2.24) is 14.8 Å². The number of anilines is 2. The summed E-state index contributed by atoms with van der Waals surface area (Å²) in [6.07, 6.45) is 5.83. The van der Waals surface area contributed by atoms with Crippen LogP contribution in [0.4, 0.5) is 11.4 Å². The Morgan fingerprint density at radius 3 is 2.73 bits per heavy atom. The molecule has 7 nitrogen and oxygen atoms in total. The highest BCUT2D eigenvalue weighted by atomic mass is 16.5. The number of ether oxygens (including phenoxy) is 1. The fourth-order valence-electron chi connectivity index (χ4n) is 7.61. The predicted molar refractivity (Wildman–Crippen MR) is 160 cm³/mol. The van der Waals surface area contributed by atoms with Gasteiger partial charge in [0, 0.05) is 99.9 Å². The van der Waals surface area contributed by atoms with Gasteiger partial charge in [-0.3, -0.25) is 9.88 Å². The summed E-state index contributed by atoms with van der Waals surface area (Å²) in [6, 6.07) is 20.8. The molecule has 1 aromatic heterocycles. The van der Waals surface area contributed by atoms with Crippen molar-refractivity contribution in [2.45, 2.75) is 44.4 Å². The average molecular weight is 537 g/mol. The number of piperazine rings is 2. The van der Waals surface area contributed by atoms with Crippen LogP contribution in [0.15, 0.2) is 54.7 Å². The third kappa shape index (κ3) is 4.94. The molecule has 2 aromatic carbocycles. The topological polar surface area (TPSA) is 58.9 Å². The highest BCUT2D eigenvalue weighted by Gasteiger charge is 2.37. The maximum atomic E-state index is 9.58. The minimum absolute atomic E-state index is 0.429. The maximum absolute atomic E-state index is 9.58. The highest BCUT2D eigenvalue weighted by molar-refractivity contribution is 5.95. The van der Waals surface area contributed by atoms with Crippen molar-refractivity contribution in [2.75, 3.05) is 68.8 Å². The molecule has 0 amide bonds. The van der Waals surface area contributed by atoms with Gasteiger partial charge >= 0.3 is 0 Å².